The van der Waals surface area contributed by atoms with E-state index in [4.69, 9.17) is 5.10 Å². The molecule has 0 aromatic carbocycles. The Labute approximate surface area is 120 Å². The fraction of sp³-hybridized carbons (Fsp3) is 0.765. The Morgan fingerprint density at radius 1 is 1.00 bits per heavy atom. The zero-order valence-electron chi connectivity index (χ0n) is 11.9. The second-order valence-corrected chi connectivity index (χ2v) is 7.61. The summed E-state index contributed by atoms with van der Waals surface area (Å²) in [7, 11) is 0. The van der Waals surface area contributed by atoms with Gasteiger partial charge in [0.25, 0.3) is 0 Å². The Kier molecular flexibility index (Phi) is 2.20. The lowest BCUT2D eigenvalue weighted by Crippen LogP contribution is -2.46. The van der Waals surface area contributed by atoms with E-state index in [1.165, 1.54) is 49.8 Å². The maximum atomic E-state index is 9.34. The van der Waals surface area contributed by atoms with Gasteiger partial charge in [0, 0.05) is 11.3 Å². The van der Waals surface area contributed by atoms with E-state index in [9.17, 15) is 5.26 Å². The molecular formula is C17H21N3. The van der Waals surface area contributed by atoms with E-state index < -0.39 is 0 Å². The highest BCUT2D eigenvalue weighted by atomic mass is 15.3. The Hall–Kier alpha value is -1.30. The van der Waals surface area contributed by atoms with Crippen LogP contribution in [0.1, 0.15) is 61.5 Å². The molecule has 0 saturated heterocycles. The summed E-state index contributed by atoms with van der Waals surface area (Å²) in [4.78, 5) is 0. The van der Waals surface area contributed by atoms with Gasteiger partial charge in [-0.2, -0.15) is 10.4 Å². The number of fused-ring (bicyclic) bond motifs is 1. The van der Waals surface area contributed by atoms with E-state index in [0.717, 1.165) is 42.2 Å². The Morgan fingerprint density at radius 3 is 2.35 bits per heavy atom. The molecule has 3 heteroatoms. The summed E-state index contributed by atoms with van der Waals surface area (Å²) in [5.41, 5.74) is 3.42. The smallest absolute Gasteiger partial charge is 0.165 e. The van der Waals surface area contributed by atoms with Gasteiger partial charge in [0.15, 0.2) is 5.69 Å². The number of nitrogens with zero attached hydrogens (tertiary/aromatic N) is 3. The van der Waals surface area contributed by atoms with Crippen molar-refractivity contribution in [3.8, 4) is 6.07 Å². The van der Waals surface area contributed by atoms with Crippen molar-refractivity contribution in [2.75, 3.05) is 0 Å². The third-order valence-corrected chi connectivity index (χ3v) is 6.52. The second kappa shape index (κ2) is 3.87. The number of hydrogen-bond donors (Lipinski definition) is 0. The Balaban J connectivity index is 1.59. The largest absolute Gasteiger partial charge is 0.264 e. The first-order valence-corrected chi connectivity index (χ1v) is 8.34. The third kappa shape index (κ3) is 1.38. The van der Waals surface area contributed by atoms with Gasteiger partial charge in [0.1, 0.15) is 6.07 Å². The van der Waals surface area contributed by atoms with E-state index in [0.29, 0.717) is 6.04 Å². The molecular weight excluding hydrogens is 246 g/mol. The van der Waals surface area contributed by atoms with Gasteiger partial charge in [-0.1, -0.05) is 0 Å². The molecule has 0 amide bonds. The second-order valence-electron chi connectivity index (χ2n) is 7.61. The molecule has 3 nitrogen and oxygen atoms in total. The van der Waals surface area contributed by atoms with E-state index in [1.807, 2.05) is 0 Å². The molecule has 104 valence electrons. The standard InChI is InChI=1S/C17H21N3/c18-9-15-14-2-1-3-16(14)20(19-15)17-12-5-10-4-11(7-12)8-13(17)6-10/h10-13,17H,1-8H2. The van der Waals surface area contributed by atoms with Crippen molar-refractivity contribution in [3.63, 3.8) is 0 Å². The van der Waals surface area contributed by atoms with E-state index in [1.54, 1.807) is 0 Å². The molecule has 0 N–H and O–H groups in total. The highest BCUT2D eigenvalue weighted by Crippen LogP contribution is 2.58. The fourth-order valence-electron chi connectivity index (χ4n) is 6.10. The van der Waals surface area contributed by atoms with Gasteiger partial charge in [-0.25, -0.2) is 0 Å². The average Bonchev–Trinajstić information content (AvgIpc) is 3.00. The highest BCUT2D eigenvalue weighted by Gasteiger charge is 2.50. The van der Waals surface area contributed by atoms with Crippen molar-refractivity contribution < 1.29 is 0 Å². The van der Waals surface area contributed by atoms with Crippen molar-refractivity contribution >= 4 is 0 Å². The first kappa shape index (κ1) is 11.4. The molecule has 0 spiro atoms. The van der Waals surface area contributed by atoms with Gasteiger partial charge < -0.3 is 0 Å². The Bertz CT molecular complexity index is 578. The molecule has 4 fully saturated rings. The molecule has 5 aliphatic rings. The molecule has 0 unspecified atom stereocenters. The lowest BCUT2D eigenvalue weighted by Gasteiger charge is -2.54. The van der Waals surface area contributed by atoms with Crippen molar-refractivity contribution in [2.24, 2.45) is 23.7 Å². The van der Waals surface area contributed by atoms with Crippen LogP contribution in [0.2, 0.25) is 0 Å². The van der Waals surface area contributed by atoms with Gasteiger partial charge in [0.05, 0.1) is 6.04 Å². The SMILES string of the molecule is N#Cc1nn(C2C3CC4CC(C3)CC2C4)c2c1CCC2. The van der Waals surface area contributed by atoms with Crippen molar-refractivity contribution in [1.29, 1.82) is 5.26 Å². The first-order chi connectivity index (χ1) is 9.83. The minimum atomic E-state index is 0.622. The lowest BCUT2D eigenvalue weighted by molar-refractivity contribution is -0.0346. The first-order valence-electron chi connectivity index (χ1n) is 8.34. The zero-order valence-corrected chi connectivity index (χ0v) is 11.9. The predicted molar refractivity (Wildman–Crippen MR) is 75.0 cm³/mol. The topological polar surface area (TPSA) is 41.6 Å². The van der Waals surface area contributed by atoms with Crippen LogP contribution in [0.15, 0.2) is 0 Å². The van der Waals surface area contributed by atoms with E-state index in [2.05, 4.69) is 10.8 Å². The summed E-state index contributed by atoms with van der Waals surface area (Å²) in [6.07, 6.45) is 10.6. The molecule has 4 saturated carbocycles. The summed E-state index contributed by atoms with van der Waals surface area (Å²) in [6.45, 7) is 0. The minimum Gasteiger partial charge on any atom is -0.264 e. The summed E-state index contributed by atoms with van der Waals surface area (Å²) in [6, 6.07) is 2.96. The Morgan fingerprint density at radius 2 is 1.70 bits per heavy atom. The lowest BCUT2D eigenvalue weighted by atomic mass is 9.54. The van der Waals surface area contributed by atoms with Crippen LogP contribution in [0, 0.1) is 35.0 Å². The number of aromatic nitrogens is 2. The molecule has 6 rings (SSSR count). The van der Waals surface area contributed by atoms with E-state index in [-0.39, 0.29) is 0 Å². The number of hydrogen-bond acceptors (Lipinski definition) is 2. The van der Waals surface area contributed by atoms with Crippen LogP contribution in [0.4, 0.5) is 0 Å². The molecule has 5 aliphatic carbocycles. The summed E-state index contributed by atoms with van der Waals surface area (Å²) in [5, 5.41) is 14.1. The number of nitriles is 1. The van der Waals surface area contributed by atoms with Crippen LogP contribution in [0.3, 0.4) is 0 Å². The van der Waals surface area contributed by atoms with Gasteiger partial charge in [-0.15, -0.1) is 0 Å². The average molecular weight is 267 g/mol. The van der Waals surface area contributed by atoms with Crippen LogP contribution in [0.25, 0.3) is 0 Å². The maximum absolute atomic E-state index is 9.34. The van der Waals surface area contributed by atoms with Crippen LogP contribution in [0.5, 0.6) is 0 Å². The molecule has 4 bridgehead atoms. The molecule has 20 heavy (non-hydrogen) atoms. The predicted octanol–water partition coefficient (Wildman–Crippen LogP) is 3.24. The molecule has 0 atom stereocenters. The molecule has 1 aromatic heterocycles. The van der Waals surface area contributed by atoms with Gasteiger partial charge in [-0.05, 0) is 75.0 Å². The van der Waals surface area contributed by atoms with Gasteiger partial charge in [-0.3, -0.25) is 4.68 Å². The van der Waals surface area contributed by atoms with Gasteiger partial charge in [0.2, 0.25) is 0 Å². The fourth-order valence-corrected chi connectivity index (χ4v) is 6.10. The highest BCUT2D eigenvalue weighted by molar-refractivity contribution is 5.38. The maximum Gasteiger partial charge on any atom is 0.165 e. The van der Waals surface area contributed by atoms with Crippen LogP contribution < -0.4 is 0 Å². The number of rotatable bonds is 1. The van der Waals surface area contributed by atoms with E-state index >= 15 is 0 Å². The van der Waals surface area contributed by atoms with Crippen LogP contribution in [-0.2, 0) is 12.8 Å². The van der Waals surface area contributed by atoms with Crippen molar-refractivity contribution in [1.82, 2.24) is 9.78 Å². The summed E-state index contributed by atoms with van der Waals surface area (Å²) in [5.74, 6) is 3.71. The monoisotopic (exact) mass is 267 g/mol. The van der Waals surface area contributed by atoms with Crippen molar-refractivity contribution in [2.45, 2.75) is 57.4 Å². The van der Waals surface area contributed by atoms with Crippen molar-refractivity contribution in [3.05, 3.63) is 17.0 Å². The van der Waals surface area contributed by atoms with Crippen LogP contribution >= 0.6 is 0 Å². The molecule has 1 aromatic rings. The van der Waals surface area contributed by atoms with Gasteiger partial charge >= 0.3 is 0 Å². The molecule has 0 aliphatic heterocycles. The summed E-state index contributed by atoms with van der Waals surface area (Å²) < 4.78 is 2.34. The molecule has 1 heterocycles. The summed E-state index contributed by atoms with van der Waals surface area (Å²) >= 11 is 0. The third-order valence-electron chi connectivity index (χ3n) is 6.52. The zero-order chi connectivity index (χ0) is 13.3. The normalized spacial score (nSPS) is 40.9. The minimum absolute atomic E-state index is 0.622. The molecule has 0 radical (unpaired) electrons. The quantitative estimate of drug-likeness (QED) is 0.784. The van der Waals surface area contributed by atoms with Crippen LogP contribution in [-0.4, -0.2) is 9.78 Å².